The van der Waals surface area contributed by atoms with Crippen molar-refractivity contribution in [3.63, 3.8) is 0 Å². The van der Waals surface area contributed by atoms with Gasteiger partial charge < -0.3 is 20.8 Å². The van der Waals surface area contributed by atoms with E-state index in [0.29, 0.717) is 30.8 Å². The van der Waals surface area contributed by atoms with Gasteiger partial charge in [0.2, 0.25) is 11.8 Å². The van der Waals surface area contributed by atoms with Gasteiger partial charge in [0.25, 0.3) is 0 Å². The third-order valence-electron chi connectivity index (χ3n) is 9.26. The molecule has 1 heterocycles. The van der Waals surface area contributed by atoms with Crippen LogP contribution in [0.3, 0.4) is 0 Å². The zero-order valence-electron chi connectivity index (χ0n) is 21.6. The molecule has 5 atom stereocenters. The maximum Gasteiger partial charge on any atom is 0.226 e. The van der Waals surface area contributed by atoms with Gasteiger partial charge in [-0.05, 0) is 49.9 Å². The molecule has 0 aliphatic heterocycles. The quantitative estimate of drug-likeness (QED) is 0.369. The molecule has 0 bridgehead atoms. The van der Waals surface area contributed by atoms with Gasteiger partial charge in [0.1, 0.15) is 0 Å². The standard InChI is InChI=1S/C27H43N3O4S/c1-4-5-6-11-22(33)29-25-30-24-18(14-23(34)28-17-9-7-8-10-17)26(2)13-12-21(32)27(3,16-31)20(26)15-19(24)35-25/h17-18,20-21,31-32H,4-16H2,1-3H3,(H,28,34)(H,29,30,33). The highest BCUT2D eigenvalue weighted by molar-refractivity contribution is 7.15. The van der Waals surface area contributed by atoms with Crippen LogP contribution in [0.4, 0.5) is 5.13 Å². The summed E-state index contributed by atoms with van der Waals surface area (Å²) in [7, 11) is 0. The van der Waals surface area contributed by atoms with Gasteiger partial charge in [0.05, 0.1) is 18.4 Å². The molecule has 2 saturated carbocycles. The number of rotatable bonds is 9. The Bertz CT molecular complexity index is 914. The Morgan fingerprint density at radius 2 is 1.89 bits per heavy atom. The minimum atomic E-state index is -0.640. The van der Waals surface area contributed by atoms with Crippen molar-refractivity contribution in [2.75, 3.05) is 11.9 Å². The molecule has 0 spiro atoms. The molecule has 2 amide bonds. The average molecular weight is 506 g/mol. The molecular weight excluding hydrogens is 462 g/mol. The normalized spacial score (nSPS) is 32.7. The van der Waals surface area contributed by atoms with E-state index < -0.39 is 11.5 Å². The second-order valence-electron chi connectivity index (χ2n) is 11.6. The van der Waals surface area contributed by atoms with Gasteiger partial charge in [-0.2, -0.15) is 0 Å². The van der Waals surface area contributed by atoms with Gasteiger partial charge >= 0.3 is 0 Å². The molecule has 3 aliphatic carbocycles. The lowest BCUT2D eigenvalue weighted by molar-refractivity contribution is -0.144. The Hall–Kier alpha value is -1.51. The first-order valence-electron chi connectivity index (χ1n) is 13.6. The molecule has 5 unspecified atom stereocenters. The number of aliphatic hydroxyl groups excluding tert-OH is 2. The molecule has 4 rings (SSSR count). The van der Waals surface area contributed by atoms with Crippen molar-refractivity contribution in [1.82, 2.24) is 10.3 Å². The maximum atomic E-state index is 13.2. The lowest BCUT2D eigenvalue weighted by atomic mass is 9.47. The lowest BCUT2D eigenvalue weighted by Crippen LogP contribution is -2.57. The van der Waals surface area contributed by atoms with E-state index in [2.05, 4.69) is 24.5 Å². The fourth-order valence-electron chi connectivity index (χ4n) is 6.96. The van der Waals surface area contributed by atoms with E-state index in [1.165, 1.54) is 24.2 Å². The first kappa shape index (κ1) is 26.6. The molecule has 2 fully saturated rings. The summed E-state index contributed by atoms with van der Waals surface area (Å²) in [4.78, 5) is 31.7. The number of amides is 2. The van der Waals surface area contributed by atoms with Crippen molar-refractivity contribution in [3.8, 4) is 0 Å². The minimum absolute atomic E-state index is 0.0145. The monoisotopic (exact) mass is 505 g/mol. The Kier molecular flexibility index (Phi) is 8.23. The number of hydrogen-bond donors (Lipinski definition) is 4. The first-order valence-corrected chi connectivity index (χ1v) is 14.4. The molecule has 0 radical (unpaired) electrons. The van der Waals surface area contributed by atoms with Crippen LogP contribution in [0.5, 0.6) is 0 Å². The smallest absolute Gasteiger partial charge is 0.226 e. The zero-order chi connectivity index (χ0) is 25.2. The highest BCUT2D eigenvalue weighted by Gasteiger charge is 2.59. The van der Waals surface area contributed by atoms with Crippen molar-refractivity contribution >= 4 is 28.3 Å². The van der Waals surface area contributed by atoms with Crippen LogP contribution < -0.4 is 10.6 Å². The van der Waals surface area contributed by atoms with Crippen molar-refractivity contribution in [2.24, 2.45) is 16.7 Å². The first-order chi connectivity index (χ1) is 16.7. The summed E-state index contributed by atoms with van der Waals surface area (Å²) in [5.74, 6) is -0.0453. The van der Waals surface area contributed by atoms with E-state index in [0.717, 1.165) is 49.1 Å². The predicted octanol–water partition coefficient (Wildman–Crippen LogP) is 4.53. The summed E-state index contributed by atoms with van der Waals surface area (Å²) in [6.07, 6.45) is 9.72. The molecule has 196 valence electrons. The highest BCUT2D eigenvalue weighted by Crippen LogP contribution is 2.62. The number of fused-ring (bicyclic) bond motifs is 2. The van der Waals surface area contributed by atoms with Crippen molar-refractivity contribution in [3.05, 3.63) is 10.6 Å². The second-order valence-corrected chi connectivity index (χ2v) is 12.7. The number of carbonyl (C=O) groups is 2. The van der Waals surface area contributed by atoms with Crippen LogP contribution in [0.2, 0.25) is 0 Å². The fourth-order valence-corrected chi connectivity index (χ4v) is 8.04. The van der Waals surface area contributed by atoms with E-state index in [1.54, 1.807) is 0 Å². The average Bonchev–Trinajstić information content (AvgIpc) is 3.47. The van der Waals surface area contributed by atoms with Gasteiger partial charge in [-0.15, -0.1) is 11.3 Å². The van der Waals surface area contributed by atoms with Crippen LogP contribution in [-0.2, 0) is 16.0 Å². The van der Waals surface area contributed by atoms with Gasteiger partial charge in [-0.1, -0.05) is 46.5 Å². The van der Waals surface area contributed by atoms with E-state index in [4.69, 9.17) is 4.98 Å². The molecule has 8 heteroatoms. The molecule has 1 aromatic rings. The summed E-state index contributed by atoms with van der Waals surface area (Å²) < 4.78 is 0. The summed E-state index contributed by atoms with van der Waals surface area (Å²) in [6, 6.07) is 0.262. The molecule has 7 nitrogen and oxygen atoms in total. The number of aliphatic hydroxyl groups is 2. The summed E-state index contributed by atoms with van der Waals surface area (Å²) >= 11 is 1.50. The highest BCUT2D eigenvalue weighted by atomic mass is 32.1. The third-order valence-corrected chi connectivity index (χ3v) is 10.3. The van der Waals surface area contributed by atoms with E-state index in [-0.39, 0.29) is 41.7 Å². The topological polar surface area (TPSA) is 112 Å². The number of unbranched alkanes of at least 4 members (excludes halogenated alkanes) is 2. The van der Waals surface area contributed by atoms with Crippen LogP contribution >= 0.6 is 11.3 Å². The molecule has 1 aromatic heterocycles. The van der Waals surface area contributed by atoms with Gasteiger partial charge in [0, 0.05) is 35.1 Å². The molecule has 35 heavy (non-hydrogen) atoms. The van der Waals surface area contributed by atoms with E-state index >= 15 is 0 Å². The Morgan fingerprint density at radius 3 is 2.57 bits per heavy atom. The minimum Gasteiger partial charge on any atom is -0.396 e. The summed E-state index contributed by atoms with van der Waals surface area (Å²) in [6.45, 7) is 6.23. The van der Waals surface area contributed by atoms with Gasteiger partial charge in [-0.3, -0.25) is 9.59 Å². The fraction of sp³-hybridized carbons (Fsp3) is 0.815. The number of hydrogen-bond acceptors (Lipinski definition) is 6. The number of thiazole rings is 1. The van der Waals surface area contributed by atoms with Crippen molar-refractivity contribution < 1.29 is 19.8 Å². The third kappa shape index (κ3) is 5.30. The number of nitrogens with zero attached hydrogens (tertiary/aromatic N) is 1. The van der Waals surface area contributed by atoms with Gasteiger partial charge in [0.15, 0.2) is 5.13 Å². The van der Waals surface area contributed by atoms with Gasteiger partial charge in [-0.25, -0.2) is 4.98 Å². The van der Waals surface area contributed by atoms with Crippen molar-refractivity contribution in [2.45, 2.75) is 116 Å². The maximum absolute atomic E-state index is 13.2. The summed E-state index contributed by atoms with van der Waals surface area (Å²) in [5, 5.41) is 28.2. The largest absolute Gasteiger partial charge is 0.396 e. The Labute approximate surface area is 213 Å². The SMILES string of the molecule is CCCCCC(=O)Nc1nc2c(s1)CC1C(C)(CO)C(O)CCC1(C)C2CC(=O)NC1CCCC1. The molecule has 0 saturated heterocycles. The number of carbonyl (C=O) groups excluding carboxylic acids is 2. The molecule has 0 aromatic carbocycles. The van der Waals surface area contributed by atoms with Crippen LogP contribution in [0, 0.1) is 16.7 Å². The Morgan fingerprint density at radius 1 is 1.14 bits per heavy atom. The predicted molar refractivity (Wildman–Crippen MR) is 138 cm³/mol. The molecule has 4 N–H and O–H groups in total. The van der Waals surface area contributed by atoms with Crippen LogP contribution in [-0.4, -0.2) is 45.8 Å². The molecule has 3 aliphatic rings. The Balaban J connectivity index is 1.62. The van der Waals surface area contributed by atoms with E-state index in [1.807, 2.05) is 6.92 Å². The molecular formula is C27H43N3O4S. The lowest BCUT2D eigenvalue weighted by Gasteiger charge is -2.58. The number of anilines is 1. The van der Waals surface area contributed by atoms with Crippen molar-refractivity contribution in [1.29, 1.82) is 0 Å². The number of aromatic nitrogens is 1. The zero-order valence-corrected chi connectivity index (χ0v) is 22.4. The van der Waals surface area contributed by atoms with Crippen LogP contribution in [0.25, 0.3) is 0 Å². The van der Waals surface area contributed by atoms with E-state index in [9.17, 15) is 19.8 Å². The van der Waals surface area contributed by atoms with Crippen LogP contribution in [0.1, 0.15) is 108 Å². The second kappa shape index (κ2) is 10.9. The van der Waals surface area contributed by atoms with Crippen LogP contribution in [0.15, 0.2) is 0 Å². The summed E-state index contributed by atoms with van der Waals surface area (Å²) in [5.41, 5.74) is 0.0156. The number of nitrogens with one attached hydrogen (secondary N) is 2.